The summed E-state index contributed by atoms with van der Waals surface area (Å²) < 4.78 is 1.96. The number of aryl methyl sites for hydroxylation is 1. The molecule has 0 saturated heterocycles. The number of benzene rings is 2. The van der Waals surface area contributed by atoms with Crippen LogP contribution in [-0.4, -0.2) is 26.4 Å². The minimum absolute atomic E-state index is 0.0401. The number of hydrogen-bond acceptors (Lipinski definition) is 5. The largest absolute Gasteiger partial charge is 0.325 e. The normalized spacial score (nSPS) is 11.1. The van der Waals surface area contributed by atoms with Crippen LogP contribution in [0.5, 0.6) is 0 Å². The van der Waals surface area contributed by atoms with E-state index in [1.807, 2.05) is 35.9 Å². The van der Waals surface area contributed by atoms with Gasteiger partial charge in [0.15, 0.2) is 5.16 Å². The van der Waals surface area contributed by atoms with Crippen molar-refractivity contribution in [2.24, 2.45) is 7.05 Å². The van der Waals surface area contributed by atoms with Crippen LogP contribution in [0.4, 0.5) is 5.69 Å². The predicted molar refractivity (Wildman–Crippen MR) is 122 cm³/mol. The number of nitrogens with one attached hydrogen (secondary N) is 1. The van der Waals surface area contributed by atoms with Gasteiger partial charge in [-0.05, 0) is 36.6 Å². The van der Waals surface area contributed by atoms with E-state index in [9.17, 15) is 4.79 Å². The Labute approximate surface area is 180 Å². The Morgan fingerprint density at radius 2 is 1.79 bits per heavy atom. The molecule has 5 nitrogen and oxygen atoms in total. The van der Waals surface area contributed by atoms with E-state index in [4.69, 9.17) is 0 Å². The number of para-hydroxylation sites is 1. The molecular formula is C22H26N4OS2. The number of carbonyl (C=O) groups excluding carboxylic acids is 1. The molecule has 1 heterocycles. The Balaban J connectivity index is 1.55. The highest BCUT2D eigenvalue weighted by Gasteiger charge is 2.13. The van der Waals surface area contributed by atoms with Crippen molar-refractivity contribution in [3.05, 3.63) is 65.5 Å². The number of carbonyl (C=O) groups is 1. The molecule has 0 spiro atoms. The Morgan fingerprint density at radius 3 is 2.52 bits per heavy atom. The van der Waals surface area contributed by atoms with Gasteiger partial charge in [-0.1, -0.05) is 61.5 Å². The van der Waals surface area contributed by atoms with Gasteiger partial charge < -0.3 is 9.88 Å². The van der Waals surface area contributed by atoms with Crippen molar-refractivity contribution in [2.45, 2.75) is 42.5 Å². The van der Waals surface area contributed by atoms with Gasteiger partial charge in [0.25, 0.3) is 0 Å². The molecule has 0 radical (unpaired) electrons. The molecule has 7 heteroatoms. The van der Waals surface area contributed by atoms with Gasteiger partial charge in [0.1, 0.15) is 5.82 Å². The van der Waals surface area contributed by atoms with Gasteiger partial charge in [-0.25, -0.2) is 0 Å². The first-order chi connectivity index (χ1) is 13.9. The molecule has 1 amide bonds. The Kier molecular flexibility index (Phi) is 7.39. The standard InChI is InChI=1S/C22H26N4OS2/c1-15(2)18-7-5-6-8-19(18)23-21(27)14-29-22-25-24-20(26(22)4)13-28-17-11-9-16(3)10-12-17/h5-12,15H,13-14H2,1-4H3,(H,23,27). The third-order valence-corrected chi connectivity index (χ3v) is 6.53. The van der Waals surface area contributed by atoms with Crippen molar-refractivity contribution >= 4 is 35.1 Å². The molecule has 0 saturated carbocycles. The number of rotatable bonds is 8. The van der Waals surface area contributed by atoms with Crippen molar-refractivity contribution in [3.8, 4) is 0 Å². The van der Waals surface area contributed by atoms with E-state index in [1.54, 1.807) is 11.8 Å². The zero-order chi connectivity index (χ0) is 20.8. The van der Waals surface area contributed by atoms with E-state index in [2.05, 4.69) is 60.6 Å². The fourth-order valence-corrected chi connectivity index (χ4v) is 4.42. The monoisotopic (exact) mass is 426 g/mol. The lowest BCUT2D eigenvalue weighted by Gasteiger charge is -2.13. The summed E-state index contributed by atoms with van der Waals surface area (Å²) in [5.41, 5.74) is 3.27. The van der Waals surface area contributed by atoms with Crippen molar-refractivity contribution in [1.82, 2.24) is 14.8 Å². The van der Waals surface area contributed by atoms with Gasteiger partial charge in [0.2, 0.25) is 5.91 Å². The second kappa shape index (κ2) is 9.98. The highest BCUT2D eigenvalue weighted by Crippen LogP contribution is 2.26. The average molecular weight is 427 g/mol. The van der Waals surface area contributed by atoms with Crippen LogP contribution in [0.25, 0.3) is 0 Å². The number of nitrogens with zero attached hydrogens (tertiary/aromatic N) is 3. The van der Waals surface area contributed by atoms with E-state index in [-0.39, 0.29) is 5.91 Å². The maximum Gasteiger partial charge on any atom is 0.234 e. The zero-order valence-electron chi connectivity index (χ0n) is 17.2. The smallest absolute Gasteiger partial charge is 0.234 e. The highest BCUT2D eigenvalue weighted by atomic mass is 32.2. The first-order valence-electron chi connectivity index (χ1n) is 9.53. The molecule has 0 fully saturated rings. The Morgan fingerprint density at radius 1 is 1.07 bits per heavy atom. The van der Waals surface area contributed by atoms with Crippen molar-refractivity contribution < 1.29 is 4.79 Å². The summed E-state index contributed by atoms with van der Waals surface area (Å²) in [7, 11) is 1.94. The minimum Gasteiger partial charge on any atom is -0.325 e. The molecular weight excluding hydrogens is 400 g/mol. The quantitative estimate of drug-likeness (QED) is 0.497. The lowest BCUT2D eigenvalue weighted by atomic mass is 10.0. The molecule has 0 bridgehead atoms. The van der Waals surface area contributed by atoms with Crippen LogP contribution in [0, 0.1) is 6.92 Å². The van der Waals surface area contributed by atoms with Crippen LogP contribution >= 0.6 is 23.5 Å². The Hall–Kier alpha value is -2.25. The predicted octanol–water partition coefficient (Wildman–Crippen LogP) is 5.27. The molecule has 152 valence electrons. The van der Waals surface area contributed by atoms with E-state index in [0.29, 0.717) is 11.7 Å². The third kappa shape index (κ3) is 5.87. The molecule has 1 N–H and O–H groups in total. The molecule has 3 aromatic rings. The maximum atomic E-state index is 12.4. The first kappa shape index (κ1) is 21.5. The zero-order valence-corrected chi connectivity index (χ0v) is 18.8. The summed E-state index contributed by atoms with van der Waals surface area (Å²) in [4.78, 5) is 13.6. The van der Waals surface area contributed by atoms with Crippen molar-refractivity contribution in [3.63, 3.8) is 0 Å². The third-order valence-electron chi connectivity index (χ3n) is 4.50. The van der Waals surface area contributed by atoms with Gasteiger partial charge in [-0.2, -0.15) is 0 Å². The summed E-state index contributed by atoms with van der Waals surface area (Å²) in [5, 5.41) is 12.3. The molecule has 1 aromatic heterocycles. The summed E-state index contributed by atoms with van der Waals surface area (Å²) >= 11 is 3.13. The van der Waals surface area contributed by atoms with E-state index < -0.39 is 0 Å². The number of amides is 1. The van der Waals surface area contributed by atoms with Crippen molar-refractivity contribution in [1.29, 1.82) is 0 Å². The van der Waals surface area contributed by atoms with Gasteiger partial charge >= 0.3 is 0 Å². The number of anilines is 1. The summed E-state index contributed by atoms with van der Waals surface area (Å²) in [6.45, 7) is 6.32. The SMILES string of the molecule is Cc1ccc(SCc2nnc(SCC(=O)Nc3ccccc3C(C)C)n2C)cc1. The topological polar surface area (TPSA) is 59.8 Å². The fraction of sp³-hybridized carbons (Fsp3) is 0.318. The number of hydrogen-bond donors (Lipinski definition) is 1. The lowest BCUT2D eigenvalue weighted by Crippen LogP contribution is -2.16. The molecule has 0 aliphatic carbocycles. The lowest BCUT2D eigenvalue weighted by molar-refractivity contribution is -0.113. The minimum atomic E-state index is -0.0401. The van der Waals surface area contributed by atoms with Crippen molar-refractivity contribution in [2.75, 3.05) is 11.1 Å². The maximum absolute atomic E-state index is 12.4. The van der Waals surface area contributed by atoms with Crippen LogP contribution in [0.3, 0.4) is 0 Å². The Bertz CT molecular complexity index is 967. The number of thioether (sulfide) groups is 2. The highest BCUT2D eigenvalue weighted by molar-refractivity contribution is 7.99. The summed E-state index contributed by atoms with van der Waals surface area (Å²) in [6, 6.07) is 16.4. The van der Waals surface area contributed by atoms with E-state index in [0.717, 1.165) is 28.0 Å². The molecule has 0 atom stereocenters. The first-order valence-corrected chi connectivity index (χ1v) is 11.5. The molecule has 3 rings (SSSR count). The van der Waals surface area contributed by atoms with E-state index in [1.165, 1.54) is 22.2 Å². The average Bonchev–Trinajstić information content (AvgIpc) is 3.06. The van der Waals surface area contributed by atoms with Crippen LogP contribution in [-0.2, 0) is 17.6 Å². The summed E-state index contributed by atoms with van der Waals surface area (Å²) in [6.07, 6.45) is 0. The number of aromatic nitrogens is 3. The summed E-state index contributed by atoms with van der Waals surface area (Å²) in [5.74, 6) is 2.24. The molecule has 0 aliphatic heterocycles. The van der Waals surface area contributed by atoms with Crippen LogP contribution in [0.2, 0.25) is 0 Å². The second-order valence-corrected chi connectivity index (χ2v) is 9.13. The van der Waals surface area contributed by atoms with Gasteiger partial charge in [0.05, 0.1) is 11.5 Å². The molecule has 29 heavy (non-hydrogen) atoms. The second-order valence-electron chi connectivity index (χ2n) is 7.14. The van der Waals surface area contributed by atoms with E-state index >= 15 is 0 Å². The molecule has 0 unspecified atom stereocenters. The van der Waals surface area contributed by atoms with Gasteiger partial charge in [-0.3, -0.25) is 4.79 Å². The van der Waals surface area contributed by atoms with Crippen LogP contribution < -0.4 is 5.32 Å². The van der Waals surface area contributed by atoms with Gasteiger partial charge in [0, 0.05) is 17.6 Å². The molecule has 2 aromatic carbocycles. The van der Waals surface area contributed by atoms with Crippen LogP contribution in [0.15, 0.2) is 58.6 Å². The van der Waals surface area contributed by atoms with Gasteiger partial charge in [-0.15, -0.1) is 22.0 Å². The molecule has 0 aliphatic rings. The van der Waals surface area contributed by atoms with Crippen LogP contribution in [0.1, 0.15) is 36.7 Å². The fourth-order valence-electron chi connectivity index (χ4n) is 2.81.